The molecule has 16 heavy (non-hydrogen) atoms. The summed E-state index contributed by atoms with van der Waals surface area (Å²) in [4.78, 5) is 11.7. The predicted molar refractivity (Wildman–Crippen MR) is 56.4 cm³/mol. The number of rotatable bonds is 2. The molecule has 1 aromatic rings. The highest BCUT2D eigenvalue weighted by atomic mass is 32.2. The van der Waals surface area contributed by atoms with Crippen LogP contribution in [-0.4, -0.2) is 21.0 Å². The summed E-state index contributed by atoms with van der Waals surface area (Å²) < 4.78 is 30.1. The smallest absolute Gasteiger partial charge is 0.338 e. The molecule has 0 fully saturated rings. The lowest BCUT2D eigenvalue weighted by Gasteiger charge is -2.03. The average molecular weight is 241 g/mol. The van der Waals surface area contributed by atoms with Crippen molar-refractivity contribution in [3.05, 3.63) is 29.3 Å². The molecule has 0 aromatic heterocycles. The molecule has 0 saturated heterocycles. The minimum Gasteiger partial charge on any atom is -0.462 e. The quantitative estimate of drug-likeness (QED) is 0.772. The lowest BCUT2D eigenvalue weighted by atomic mass is 10.1. The topological polar surface area (TPSA) is 72.5 Å². The van der Waals surface area contributed by atoms with E-state index in [4.69, 9.17) is 4.74 Å². The van der Waals surface area contributed by atoms with Crippen molar-refractivity contribution in [1.82, 2.24) is 4.72 Å². The van der Waals surface area contributed by atoms with Gasteiger partial charge in [0.15, 0.2) is 0 Å². The van der Waals surface area contributed by atoms with E-state index in [2.05, 4.69) is 4.72 Å². The third kappa shape index (κ3) is 1.81. The lowest BCUT2D eigenvalue weighted by Crippen LogP contribution is -2.13. The Hall–Kier alpha value is -1.40. The molecule has 2 rings (SSSR count). The van der Waals surface area contributed by atoms with Crippen LogP contribution >= 0.6 is 0 Å². The van der Waals surface area contributed by atoms with Crippen molar-refractivity contribution in [2.75, 3.05) is 6.61 Å². The number of hydrogen-bond donors (Lipinski definition) is 1. The van der Waals surface area contributed by atoms with Crippen molar-refractivity contribution in [3.63, 3.8) is 0 Å². The van der Waals surface area contributed by atoms with Gasteiger partial charge in [-0.3, -0.25) is 0 Å². The fourth-order valence-corrected chi connectivity index (χ4v) is 2.80. The van der Waals surface area contributed by atoms with E-state index in [1.807, 2.05) is 0 Å². The summed E-state index contributed by atoms with van der Waals surface area (Å²) >= 11 is 0. The molecule has 1 aliphatic heterocycles. The Morgan fingerprint density at radius 3 is 2.94 bits per heavy atom. The van der Waals surface area contributed by atoms with Crippen molar-refractivity contribution < 1.29 is 17.9 Å². The van der Waals surface area contributed by atoms with Crippen LogP contribution in [0.4, 0.5) is 0 Å². The van der Waals surface area contributed by atoms with Gasteiger partial charge in [0.2, 0.25) is 10.0 Å². The first-order chi connectivity index (χ1) is 7.54. The van der Waals surface area contributed by atoms with E-state index in [-0.39, 0.29) is 11.4 Å². The molecule has 0 radical (unpaired) electrons. The second-order valence-electron chi connectivity index (χ2n) is 3.37. The maximum atomic E-state index is 11.4. The van der Waals surface area contributed by atoms with E-state index in [1.54, 1.807) is 13.0 Å². The molecule has 0 amide bonds. The number of fused-ring (bicyclic) bond motifs is 1. The van der Waals surface area contributed by atoms with Crippen LogP contribution in [0.1, 0.15) is 22.8 Å². The van der Waals surface area contributed by atoms with Gasteiger partial charge in [0.05, 0.1) is 17.1 Å². The molecule has 1 aliphatic rings. The maximum absolute atomic E-state index is 11.4. The van der Waals surface area contributed by atoms with Gasteiger partial charge in [-0.1, -0.05) is 0 Å². The van der Waals surface area contributed by atoms with Crippen LogP contribution in [0, 0.1) is 0 Å². The largest absolute Gasteiger partial charge is 0.462 e. The van der Waals surface area contributed by atoms with Gasteiger partial charge >= 0.3 is 5.97 Å². The number of nitrogens with one attached hydrogen (secondary N) is 1. The van der Waals surface area contributed by atoms with Crippen LogP contribution < -0.4 is 4.72 Å². The van der Waals surface area contributed by atoms with Gasteiger partial charge in [-0.2, -0.15) is 0 Å². The molecular weight excluding hydrogens is 230 g/mol. The summed E-state index contributed by atoms with van der Waals surface area (Å²) in [5.41, 5.74) is 0.977. The second-order valence-corrected chi connectivity index (χ2v) is 5.10. The molecule has 0 bridgehead atoms. The van der Waals surface area contributed by atoms with E-state index in [0.29, 0.717) is 17.7 Å². The first-order valence-corrected chi connectivity index (χ1v) is 6.32. The summed E-state index contributed by atoms with van der Waals surface area (Å²) in [7, 11) is -3.36. The lowest BCUT2D eigenvalue weighted by molar-refractivity contribution is 0.0526. The highest BCUT2D eigenvalue weighted by Gasteiger charge is 2.26. The van der Waals surface area contributed by atoms with Gasteiger partial charge < -0.3 is 4.74 Å². The molecule has 0 saturated carbocycles. The Labute approximate surface area is 93.5 Å². The SMILES string of the molecule is CCOC(=O)c1ccc2c(c1)CNS2(=O)=O. The van der Waals surface area contributed by atoms with Gasteiger partial charge in [0, 0.05) is 6.54 Å². The third-order valence-corrected chi connectivity index (χ3v) is 3.82. The Bertz CT molecular complexity index is 536. The second kappa shape index (κ2) is 3.88. The Kier molecular flexibility index (Phi) is 2.69. The average Bonchev–Trinajstić information content (AvgIpc) is 2.55. The number of carbonyl (C=O) groups is 1. The normalized spacial score (nSPS) is 16.8. The number of benzene rings is 1. The first kappa shape index (κ1) is 11.1. The van der Waals surface area contributed by atoms with E-state index in [0.717, 1.165) is 0 Å². The summed E-state index contributed by atoms with van der Waals surface area (Å²) in [6.45, 7) is 2.24. The zero-order chi connectivity index (χ0) is 11.8. The van der Waals surface area contributed by atoms with Crippen molar-refractivity contribution in [3.8, 4) is 0 Å². The number of carbonyl (C=O) groups excluding carboxylic acids is 1. The highest BCUT2D eigenvalue weighted by Crippen LogP contribution is 2.23. The van der Waals surface area contributed by atoms with Gasteiger partial charge in [0.1, 0.15) is 0 Å². The maximum Gasteiger partial charge on any atom is 0.338 e. The van der Waals surface area contributed by atoms with Crippen molar-refractivity contribution in [2.45, 2.75) is 18.4 Å². The summed E-state index contributed by atoms with van der Waals surface area (Å²) in [5.74, 6) is -0.436. The first-order valence-electron chi connectivity index (χ1n) is 4.84. The van der Waals surface area contributed by atoms with E-state index in [1.165, 1.54) is 12.1 Å². The summed E-state index contributed by atoms with van der Waals surface area (Å²) in [6.07, 6.45) is 0. The van der Waals surface area contributed by atoms with Gasteiger partial charge in [-0.25, -0.2) is 17.9 Å². The number of hydrogen-bond acceptors (Lipinski definition) is 4. The molecular formula is C10H11NO4S. The molecule has 1 heterocycles. The Balaban J connectivity index is 2.39. The van der Waals surface area contributed by atoms with E-state index in [9.17, 15) is 13.2 Å². The van der Waals surface area contributed by atoms with E-state index >= 15 is 0 Å². The third-order valence-electron chi connectivity index (χ3n) is 2.31. The van der Waals surface area contributed by atoms with Crippen molar-refractivity contribution in [2.24, 2.45) is 0 Å². The minimum absolute atomic E-state index is 0.227. The van der Waals surface area contributed by atoms with Gasteiger partial charge in [-0.15, -0.1) is 0 Å². The molecule has 0 aliphatic carbocycles. The standard InChI is InChI=1S/C10H11NO4S/c1-2-15-10(12)7-3-4-9-8(5-7)6-11-16(9,13)14/h3-5,11H,2,6H2,1H3. The molecule has 1 N–H and O–H groups in total. The highest BCUT2D eigenvalue weighted by molar-refractivity contribution is 7.89. The zero-order valence-electron chi connectivity index (χ0n) is 8.69. The van der Waals surface area contributed by atoms with Crippen LogP contribution in [-0.2, 0) is 21.3 Å². The zero-order valence-corrected chi connectivity index (χ0v) is 9.50. The summed E-state index contributed by atoms with van der Waals surface area (Å²) in [6, 6.07) is 4.43. The van der Waals surface area contributed by atoms with Crippen LogP contribution in [0.25, 0.3) is 0 Å². The fourth-order valence-electron chi connectivity index (χ4n) is 1.57. The molecule has 5 nitrogen and oxygen atoms in total. The van der Waals surface area contributed by atoms with Crippen LogP contribution in [0.5, 0.6) is 0 Å². The number of ether oxygens (including phenoxy) is 1. The Morgan fingerprint density at radius 2 is 2.25 bits per heavy atom. The molecule has 86 valence electrons. The summed E-state index contributed by atoms with van der Waals surface area (Å²) in [5, 5.41) is 0. The number of sulfonamides is 1. The predicted octanol–water partition coefficient (Wildman–Crippen LogP) is 0.655. The molecule has 1 aromatic carbocycles. The van der Waals surface area contributed by atoms with Crippen molar-refractivity contribution in [1.29, 1.82) is 0 Å². The van der Waals surface area contributed by atoms with Gasteiger partial charge in [0.25, 0.3) is 0 Å². The molecule has 0 atom stereocenters. The van der Waals surface area contributed by atoms with Crippen LogP contribution in [0.3, 0.4) is 0 Å². The van der Waals surface area contributed by atoms with Gasteiger partial charge in [-0.05, 0) is 30.7 Å². The number of esters is 1. The molecule has 0 unspecified atom stereocenters. The van der Waals surface area contributed by atoms with Crippen LogP contribution in [0.2, 0.25) is 0 Å². The molecule has 0 spiro atoms. The van der Waals surface area contributed by atoms with Crippen molar-refractivity contribution >= 4 is 16.0 Å². The monoisotopic (exact) mass is 241 g/mol. The Morgan fingerprint density at radius 1 is 1.50 bits per heavy atom. The van der Waals surface area contributed by atoms with Crippen LogP contribution in [0.15, 0.2) is 23.1 Å². The minimum atomic E-state index is -3.36. The molecule has 6 heteroatoms. The van der Waals surface area contributed by atoms with E-state index < -0.39 is 16.0 Å². The fraction of sp³-hybridized carbons (Fsp3) is 0.300.